The lowest BCUT2D eigenvalue weighted by Gasteiger charge is -2.27. The Morgan fingerprint density at radius 1 is 1.41 bits per heavy atom. The Morgan fingerprint density at radius 3 is 2.77 bits per heavy atom. The quantitative estimate of drug-likeness (QED) is 0.853. The molecule has 2 rings (SSSR count). The van der Waals surface area contributed by atoms with Crippen molar-refractivity contribution in [2.75, 3.05) is 13.1 Å². The van der Waals surface area contributed by atoms with Gasteiger partial charge in [0.15, 0.2) is 0 Å². The highest BCUT2D eigenvalue weighted by atomic mass is 19.1. The molecule has 1 atom stereocenters. The standard InChI is InChI=1S/C17H24FNO3/c1-16(2,3)22-15(20)19-9-8-17(4,12-19)21-11-13-6-5-7-14(18)10-13/h5-7,10H,8-9,11-12H2,1-4H3. The molecule has 0 spiro atoms. The van der Waals surface area contributed by atoms with Crippen molar-refractivity contribution < 1.29 is 18.7 Å². The number of ether oxygens (including phenoxy) is 2. The number of rotatable bonds is 3. The number of amides is 1. The first-order valence-electron chi connectivity index (χ1n) is 7.53. The van der Waals surface area contributed by atoms with Gasteiger partial charge in [-0.25, -0.2) is 9.18 Å². The average Bonchev–Trinajstić information content (AvgIpc) is 2.78. The fraction of sp³-hybridized carbons (Fsp3) is 0.588. The molecule has 1 unspecified atom stereocenters. The minimum Gasteiger partial charge on any atom is -0.444 e. The van der Waals surface area contributed by atoms with E-state index in [0.29, 0.717) is 19.7 Å². The largest absolute Gasteiger partial charge is 0.444 e. The first-order valence-corrected chi connectivity index (χ1v) is 7.53. The fourth-order valence-corrected chi connectivity index (χ4v) is 2.42. The van der Waals surface area contributed by atoms with Crippen LogP contribution in [0.5, 0.6) is 0 Å². The van der Waals surface area contributed by atoms with Gasteiger partial charge in [0.25, 0.3) is 0 Å². The number of carbonyl (C=O) groups is 1. The molecule has 1 heterocycles. The minimum atomic E-state index is -0.501. The molecular weight excluding hydrogens is 285 g/mol. The number of nitrogens with zero attached hydrogens (tertiary/aromatic N) is 1. The summed E-state index contributed by atoms with van der Waals surface area (Å²) in [6, 6.07) is 6.36. The second kappa shape index (κ2) is 6.24. The van der Waals surface area contributed by atoms with E-state index < -0.39 is 11.2 Å². The van der Waals surface area contributed by atoms with Gasteiger partial charge in [0.2, 0.25) is 0 Å². The fourth-order valence-electron chi connectivity index (χ4n) is 2.42. The normalized spacial score (nSPS) is 22.0. The summed E-state index contributed by atoms with van der Waals surface area (Å²) in [6.45, 7) is 8.93. The van der Waals surface area contributed by atoms with E-state index in [1.165, 1.54) is 12.1 Å². The van der Waals surface area contributed by atoms with Crippen molar-refractivity contribution in [3.8, 4) is 0 Å². The number of halogens is 1. The van der Waals surface area contributed by atoms with Gasteiger partial charge < -0.3 is 14.4 Å². The lowest BCUT2D eigenvalue weighted by molar-refractivity contribution is -0.0375. The van der Waals surface area contributed by atoms with E-state index in [1.807, 2.05) is 33.8 Å². The Morgan fingerprint density at radius 2 is 2.14 bits per heavy atom. The number of likely N-dealkylation sites (tertiary alicyclic amines) is 1. The predicted octanol–water partition coefficient (Wildman–Crippen LogP) is 3.74. The van der Waals surface area contributed by atoms with E-state index in [1.54, 1.807) is 11.0 Å². The average molecular weight is 309 g/mol. The third kappa shape index (κ3) is 4.70. The van der Waals surface area contributed by atoms with Gasteiger partial charge >= 0.3 is 6.09 Å². The highest BCUT2D eigenvalue weighted by Crippen LogP contribution is 2.27. The van der Waals surface area contributed by atoms with Gasteiger partial charge in [0.05, 0.1) is 18.8 Å². The maximum absolute atomic E-state index is 13.2. The summed E-state index contributed by atoms with van der Waals surface area (Å²) in [4.78, 5) is 13.7. The van der Waals surface area contributed by atoms with Crippen molar-refractivity contribution in [1.82, 2.24) is 4.90 Å². The van der Waals surface area contributed by atoms with E-state index in [2.05, 4.69) is 0 Å². The topological polar surface area (TPSA) is 38.8 Å². The smallest absolute Gasteiger partial charge is 0.410 e. The second-order valence-electron chi connectivity index (χ2n) is 7.02. The van der Waals surface area contributed by atoms with Crippen LogP contribution in [-0.4, -0.2) is 35.3 Å². The molecule has 1 aromatic carbocycles. The van der Waals surface area contributed by atoms with Crippen LogP contribution >= 0.6 is 0 Å². The molecule has 4 nitrogen and oxygen atoms in total. The molecule has 1 saturated heterocycles. The molecule has 122 valence electrons. The summed E-state index contributed by atoms with van der Waals surface area (Å²) in [5, 5.41) is 0. The summed E-state index contributed by atoms with van der Waals surface area (Å²) < 4.78 is 24.5. The summed E-state index contributed by atoms with van der Waals surface area (Å²) in [5.74, 6) is -0.270. The Kier molecular flexibility index (Phi) is 4.75. The molecule has 22 heavy (non-hydrogen) atoms. The maximum Gasteiger partial charge on any atom is 0.410 e. The number of benzene rings is 1. The molecular formula is C17H24FNO3. The van der Waals surface area contributed by atoms with Crippen LogP contribution in [0.25, 0.3) is 0 Å². The van der Waals surface area contributed by atoms with Crippen LogP contribution in [0.3, 0.4) is 0 Å². The van der Waals surface area contributed by atoms with Crippen LogP contribution in [-0.2, 0) is 16.1 Å². The zero-order chi connectivity index (χ0) is 16.4. The van der Waals surface area contributed by atoms with E-state index >= 15 is 0 Å². The predicted molar refractivity (Wildman–Crippen MR) is 82.0 cm³/mol. The molecule has 0 aliphatic carbocycles. The number of carbonyl (C=O) groups excluding carboxylic acids is 1. The Balaban J connectivity index is 1.89. The molecule has 0 bridgehead atoms. The van der Waals surface area contributed by atoms with Gasteiger partial charge in [-0.2, -0.15) is 0 Å². The van der Waals surface area contributed by atoms with E-state index in [0.717, 1.165) is 12.0 Å². The van der Waals surface area contributed by atoms with E-state index in [9.17, 15) is 9.18 Å². The lowest BCUT2D eigenvalue weighted by atomic mass is 10.1. The van der Waals surface area contributed by atoms with Crippen molar-refractivity contribution in [2.45, 2.75) is 51.9 Å². The summed E-state index contributed by atoms with van der Waals surface area (Å²) in [6.07, 6.45) is 0.423. The van der Waals surface area contributed by atoms with Crippen molar-refractivity contribution in [3.63, 3.8) is 0 Å². The number of hydrogen-bond acceptors (Lipinski definition) is 3. The third-order valence-electron chi connectivity index (χ3n) is 3.56. The van der Waals surface area contributed by atoms with Gasteiger partial charge in [-0.15, -0.1) is 0 Å². The second-order valence-corrected chi connectivity index (χ2v) is 7.02. The molecule has 5 heteroatoms. The molecule has 0 radical (unpaired) electrons. The Labute approximate surface area is 131 Å². The minimum absolute atomic E-state index is 0.270. The zero-order valence-corrected chi connectivity index (χ0v) is 13.7. The highest BCUT2D eigenvalue weighted by Gasteiger charge is 2.38. The third-order valence-corrected chi connectivity index (χ3v) is 3.56. The van der Waals surface area contributed by atoms with Gasteiger partial charge in [-0.1, -0.05) is 12.1 Å². The zero-order valence-electron chi connectivity index (χ0n) is 13.7. The Bertz CT molecular complexity index is 541. The molecule has 0 N–H and O–H groups in total. The van der Waals surface area contributed by atoms with Crippen molar-refractivity contribution in [1.29, 1.82) is 0 Å². The van der Waals surface area contributed by atoms with Crippen LogP contribution in [0.4, 0.5) is 9.18 Å². The summed E-state index contributed by atoms with van der Waals surface area (Å²) in [7, 11) is 0. The first kappa shape index (κ1) is 16.7. The van der Waals surface area contributed by atoms with Gasteiger partial charge in [0.1, 0.15) is 11.4 Å². The molecule has 1 amide bonds. The highest BCUT2D eigenvalue weighted by molar-refractivity contribution is 5.68. The van der Waals surface area contributed by atoms with Crippen molar-refractivity contribution in [3.05, 3.63) is 35.6 Å². The molecule has 1 aliphatic rings. The molecule has 1 aromatic rings. The van der Waals surface area contributed by atoms with Crippen molar-refractivity contribution >= 4 is 6.09 Å². The summed E-state index contributed by atoms with van der Waals surface area (Å²) in [5.41, 5.74) is -0.140. The maximum atomic E-state index is 13.2. The molecule has 0 saturated carbocycles. The summed E-state index contributed by atoms with van der Waals surface area (Å²) >= 11 is 0. The number of hydrogen-bond donors (Lipinski definition) is 0. The molecule has 1 aliphatic heterocycles. The van der Waals surface area contributed by atoms with Gasteiger partial charge in [-0.05, 0) is 51.8 Å². The van der Waals surface area contributed by atoms with E-state index in [4.69, 9.17) is 9.47 Å². The van der Waals surface area contributed by atoms with Gasteiger partial charge in [0, 0.05) is 6.54 Å². The molecule has 1 fully saturated rings. The Hall–Kier alpha value is -1.62. The van der Waals surface area contributed by atoms with Crippen molar-refractivity contribution in [2.24, 2.45) is 0 Å². The van der Waals surface area contributed by atoms with Crippen LogP contribution in [0.1, 0.15) is 39.7 Å². The monoisotopic (exact) mass is 309 g/mol. The van der Waals surface area contributed by atoms with Crippen LogP contribution in [0.15, 0.2) is 24.3 Å². The van der Waals surface area contributed by atoms with Crippen LogP contribution in [0, 0.1) is 5.82 Å². The SMILES string of the molecule is CC(C)(C)OC(=O)N1CCC(C)(OCc2cccc(F)c2)C1. The van der Waals surface area contributed by atoms with E-state index in [-0.39, 0.29) is 11.9 Å². The first-order chi connectivity index (χ1) is 10.2. The van der Waals surface area contributed by atoms with Gasteiger partial charge in [-0.3, -0.25) is 0 Å². The van der Waals surface area contributed by atoms with Crippen LogP contribution < -0.4 is 0 Å². The molecule has 0 aromatic heterocycles. The lowest BCUT2D eigenvalue weighted by Crippen LogP contribution is -2.39. The van der Waals surface area contributed by atoms with Crippen LogP contribution in [0.2, 0.25) is 0 Å².